The third kappa shape index (κ3) is 5.33. The molecular formula is C17H24O5. The molecule has 5 heteroatoms. The monoisotopic (exact) mass is 308 g/mol. The molecule has 2 rings (SSSR count). The molecule has 1 aromatic rings. The summed E-state index contributed by atoms with van der Waals surface area (Å²) >= 11 is 0. The van der Waals surface area contributed by atoms with E-state index >= 15 is 0 Å². The molecule has 5 nitrogen and oxygen atoms in total. The fourth-order valence-corrected chi connectivity index (χ4v) is 2.43. The molecule has 1 aromatic carbocycles. The summed E-state index contributed by atoms with van der Waals surface area (Å²) < 4.78 is 16.2. The van der Waals surface area contributed by atoms with Crippen molar-refractivity contribution in [3.63, 3.8) is 0 Å². The van der Waals surface area contributed by atoms with Crippen LogP contribution < -0.4 is 9.47 Å². The van der Waals surface area contributed by atoms with Crippen LogP contribution in [0.5, 0.6) is 11.5 Å². The number of aliphatic hydroxyl groups excluding tert-OH is 1. The minimum Gasteiger partial charge on any atom is -0.491 e. The minimum absolute atomic E-state index is 0.149. The van der Waals surface area contributed by atoms with Crippen molar-refractivity contribution < 1.29 is 24.4 Å². The van der Waals surface area contributed by atoms with Gasteiger partial charge in [-0.05, 0) is 37.1 Å². The van der Waals surface area contributed by atoms with Crippen molar-refractivity contribution in [1.29, 1.82) is 0 Å². The van der Waals surface area contributed by atoms with Gasteiger partial charge in [-0.3, -0.25) is 0 Å². The molecule has 1 unspecified atom stereocenters. The van der Waals surface area contributed by atoms with E-state index in [0.717, 1.165) is 5.75 Å². The summed E-state index contributed by atoms with van der Waals surface area (Å²) in [5.41, 5.74) is -0.844. The van der Waals surface area contributed by atoms with Crippen LogP contribution in [-0.2, 0) is 4.74 Å². The van der Waals surface area contributed by atoms with Crippen LogP contribution in [0.25, 0.3) is 0 Å². The van der Waals surface area contributed by atoms with Crippen molar-refractivity contribution in [2.24, 2.45) is 0 Å². The summed E-state index contributed by atoms with van der Waals surface area (Å²) in [5, 5.41) is 20.4. The number of rotatable bonds is 8. The lowest BCUT2D eigenvalue weighted by atomic mass is 9.88. The van der Waals surface area contributed by atoms with E-state index in [0.29, 0.717) is 44.8 Å². The molecule has 122 valence electrons. The molecule has 1 fully saturated rings. The Kier molecular flexibility index (Phi) is 6.24. The highest BCUT2D eigenvalue weighted by atomic mass is 16.5. The molecule has 2 N–H and O–H groups in total. The van der Waals surface area contributed by atoms with E-state index in [1.165, 1.54) is 0 Å². The Hall–Kier alpha value is -1.56. The Labute approximate surface area is 131 Å². The number of hydrogen-bond acceptors (Lipinski definition) is 5. The van der Waals surface area contributed by atoms with Gasteiger partial charge in [0.1, 0.15) is 24.7 Å². The number of aliphatic hydroxyl groups is 2. The van der Waals surface area contributed by atoms with Gasteiger partial charge in [0.15, 0.2) is 0 Å². The molecule has 1 saturated heterocycles. The second-order valence-electron chi connectivity index (χ2n) is 5.58. The van der Waals surface area contributed by atoms with E-state index in [1.807, 2.05) is 0 Å². The van der Waals surface area contributed by atoms with Crippen molar-refractivity contribution in [1.82, 2.24) is 0 Å². The van der Waals surface area contributed by atoms with Crippen molar-refractivity contribution in [3.8, 4) is 11.5 Å². The molecule has 1 heterocycles. The van der Waals surface area contributed by atoms with Gasteiger partial charge in [-0.15, -0.1) is 0 Å². The van der Waals surface area contributed by atoms with E-state index < -0.39 is 11.7 Å². The molecule has 0 saturated carbocycles. The van der Waals surface area contributed by atoms with Gasteiger partial charge in [0.25, 0.3) is 0 Å². The van der Waals surface area contributed by atoms with Gasteiger partial charge < -0.3 is 24.4 Å². The van der Waals surface area contributed by atoms with Crippen molar-refractivity contribution >= 4 is 0 Å². The maximum Gasteiger partial charge on any atom is 0.120 e. The Morgan fingerprint density at radius 3 is 2.36 bits per heavy atom. The van der Waals surface area contributed by atoms with E-state index in [1.54, 1.807) is 30.3 Å². The number of hydrogen-bond donors (Lipinski definition) is 2. The molecule has 0 spiro atoms. The lowest BCUT2D eigenvalue weighted by molar-refractivity contribution is -0.0906. The first-order chi connectivity index (χ1) is 10.6. The van der Waals surface area contributed by atoms with Gasteiger partial charge in [0.05, 0.1) is 11.7 Å². The van der Waals surface area contributed by atoms with Gasteiger partial charge in [-0.25, -0.2) is 0 Å². The third-order valence-corrected chi connectivity index (χ3v) is 3.67. The molecule has 0 aliphatic carbocycles. The summed E-state index contributed by atoms with van der Waals surface area (Å²) in [5.74, 6) is 1.40. The Balaban J connectivity index is 1.75. The molecule has 0 aromatic heterocycles. The Morgan fingerprint density at radius 1 is 1.18 bits per heavy atom. The summed E-state index contributed by atoms with van der Waals surface area (Å²) in [6.45, 7) is 5.27. The van der Waals surface area contributed by atoms with Crippen molar-refractivity contribution in [2.45, 2.75) is 31.0 Å². The van der Waals surface area contributed by atoms with Crippen LogP contribution in [0, 0.1) is 0 Å². The highest BCUT2D eigenvalue weighted by Gasteiger charge is 2.32. The maximum absolute atomic E-state index is 10.3. The Morgan fingerprint density at radius 2 is 1.77 bits per heavy atom. The summed E-state index contributed by atoms with van der Waals surface area (Å²) in [6.07, 6.45) is 2.39. The Bertz CT molecular complexity index is 451. The van der Waals surface area contributed by atoms with Crippen LogP contribution in [-0.4, -0.2) is 48.3 Å². The van der Waals surface area contributed by atoms with E-state index in [-0.39, 0.29) is 6.61 Å². The molecule has 0 radical (unpaired) electrons. The standard InChI is InChI=1S/C17H24O5/c1-2-9-21-15-3-5-16(6-4-15)22-13-14(18)12-17(19)7-10-20-11-8-17/h2-6,14,18-19H,1,7-13H2. The van der Waals surface area contributed by atoms with Crippen LogP contribution in [0.3, 0.4) is 0 Å². The van der Waals surface area contributed by atoms with E-state index in [9.17, 15) is 10.2 Å². The van der Waals surface area contributed by atoms with Crippen molar-refractivity contribution in [2.75, 3.05) is 26.4 Å². The van der Waals surface area contributed by atoms with Crippen LogP contribution in [0.15, 0.2) is 36.9 Å². The smallest absolute Gasteiger partial charge is 0.120 e. The zero-order valence-electron chi connectivity index (χ0n) is 12.7. The van der Waals surface area contributed by atoms with E-state index in [4.69, 9.17) is 14.2 Å². The summed E-state index contributed by atoms with van der Waals surface area (Å²) in [7, 11) is 0. The zero-order chi connectivity index (χ0) is 15.8. The van der Waals surface area contributed by atoms with Crippen LogP contribution in [0.1, 0.15) is 19.3 Å². The molecule has 1 aliphatic heterocycles. The second kappa shape index (κ2) is 8.17. The molecule has 1 aliphatic rings. The fourth-order valence-electron chi connectivity index (χ4n) is 2.43. The summed E-state index contributed by atoms with van der Waals surface area (Å²) in [4.78, 5) is 0. The van der Waals surface area contributed by atoms with Gasteiger partial charge in [0, 0.05) is 19.6 Å². The van der Waals surface area contributed by atoms with Crippen LogP contribution >= 0.6 is 0 Å². The average molecular weight is 308 g/mol. The first kappa shape index (κ1) is 16.8. The highest BCUT2D eigenvalue weighted by Crippen LogP contribution is 2.26. The largest absolute Gasteiger partial charge is 0.491 e. The van der Waals surface area contributed by atoms with Crippen molar-refractivity contribution in [3.05, 3.63) is 36.9 Å². The number of benzene rings is 1. The maximum atomic E-state index is 10.3. The molecule has 0 amide bonds. The number of ether oxygens (including phenoxy) is 3. The fraction of sp³-hybridized carbons (Fsp3) is 0.529. The minimum atomic E-state index is -0.844. The van der Waals surface area contributed by atoms with Crippen LogP contribution in [0.2, 0.25) is 0 Å². The topological polar surface area (TPSA) is 68.2 Å². The predicted molar refractivity (Wildman–Crippen MR) is 83.3 cm³/mol. The first-order valence-corrected chi connectivity index (χ1v) is 7.56. The molecular weight excluding hydrogens is 284 g/mol. The lowest BCUT2D eigenvalue weighted by Gasteiger charge is -2.33. The first-order valence-electron chi connectivity index (χ1n) is 7.56. The second-order valence-corrected chi connectivity index (χ2v) is 5.58. The molecule has 22 heavy (non-hydrogen) atoms. The van der Waals surface area contributed by atoms with Gasteiger partial charge >= 0.3 is 0 Å². The van der Waals surface area contributed by atoms with Gasteiger partial charge in [0.2, 0.25) is 0 Å². The van der Waals surface area contributed by atoms with E-state index in [2.05, 4.69) is 6.58 Å². The highest BCUT2D eigenvalue weighted by molar-refractivity contribution is 5.31. The van der Waals surface area contributed by atoms with Crippen LogP contribution in [0.4, 0.5) is 0 Å². The quantitative estimate of drug-likeness (QED) is 0.718. The SMILES string of the molecule is C=CCOc1ccc(OCC(O)CC2(O)CCOCC2)cc1. The molecule has 0 bridgehead atoms. The molecule has 1 atom stereocenters. The summed E-state index contributed by atoms with van der Waals surface area (Å²) in [6, 6.07) is 7.18. The van der Waals surface area contributed by atoms with Gasteiger partial charge in [-0.1, -0.05) is 12.7 Å². The zero-order valence-corrected chi connectivity index (χ0v) is 12.7. The average Bonchev–Trinajstić information content (AvgIpc) is 2.52. The van der Waals surface area contributed by atoms with Gasteiger partial charge in [-0.2, -0.15) is 0 Å². The predicted octanol–water partition coefficient (Wildman–Crippen LogP) is 1.92. The normalized spacial score (nSPS) is 18.5. The third-order valence-electron chi connectivity index (χ3n) is 3.67. The lowest BCUT2D eigenvalue weighted by Crippen LogP contribution is -2.40.